The summed E-state index contributed by atoms with van der Waals surface area (Å²) < 4.78 is 34.9. The van der Waals surface area contributed by atoms with E-state index in [4.69, 9.17) is 18.5 Å². The summed E-state index contributed by atoms with van der Waals surface area (Å²) in [4.78, 5) is 36.0. The summed E-state index contributed by atoms with van der Waals surface area (Å²) in [6.45, 7) is 4.55. The van der Waals surface area contributed by atoms with E-state index < -0.39 is 26.5 Å². The summed E-state index contributed by atoms with van der Waals surface area (Å²) in [7, 11) is 1.51. The molecule has 0 aliphatic carbocycles. The summed E-state index contributed by atoms with van der Waals surface area (Å²) in [5.41, 5.74) is 0. The lowest BCUT2D eigenvalue weighted by molar-refractivity contribution is -0.870. The molecule has 0 heterocycles. The van der Waals surface area contributed by atoms with Crippen LogP contribution in [0.15, 0.2) is 0 Å². The first-order valence-corrected chi connectivity index (χ1v) is 45.8. The van der Waals surface area contributed by atoms with Gasteiger partial charge in [-0.2, -0.15) is 0 Å². The summed E-state index contributed by atoms with van der Waals surface area (Å²) in [6, 6.07) is 0. The number of phosphoric acid groups is 1. The van der Waals surface area contributed by atoms with Crippen molar-refractivity contribution in [2.45, 2.75) is 502 Å². The van der Waals surface area contributed by atoms with Gasteiger partial charge < -0.3 is 18.9 Å². The molecule has 9 nitrogen and oxygen atoms in total. The number of esters is 2. The number of phosphoric ester groups is 1. The van der Waals surface area contributed by atoms with Crippen LogP contribution in [-0.4, -0.2) is 74.9 Å². The number of nitrogens with zero attached hydrogens (tertiary/aromatic N) is 1. The molecule has 0 aromatic heterocycles. The van der Waals surface area contributed by atoms with Gasteiger partial charge in [0.15, 0.2) is 6.10 Å². The number of carbonyl (C=O) groups is 2. The number of rotatable bonds is 85. The third-order valence-electron chi connectivity index (χ3n) is 20.9. The Balaban J connectivity index is 3.82. The number of unbranched alkanes of at least 4 members (excludes halogenated alkanes) is 71. The molecule has 10 heteroatoms. The lowest BCUT2D eigenvalue weighted by Crippen LogP contribution is -2.37. The first kappa shape index (κ1) is 96.0. The van der Waals surface area contributed by atoms with Crippen molar-refractivity contribution in [3.05, 3.63) is 0 Å². The predicted molar refractivity (Wildman–Crippen MR) is 423 cm³/mol. The van der Waals surface area contributed by atoms with E-state index in [1.54, 1.807) is 0 Å². The highest BCUT2D eigenvalue weighted by Gasteiger charge is 2.27. The lowest BCUT2D eigenvalue weighted by Gasteiger charge is -2.24. The van der Waals surface area contributed by atoms with E-state index in [0.29, 0.717) is 17.4 Å². The number of hydrogen-bond donors (Lipinski definition) is 1. The lowest BCUT2D eigenvalue weighted by atomic mass is 10.0. The average molecular weight is 1390 g/mol. The van der Waals surface area contributed by atoms with Gasteiger partial charge in [-0.3, -0.25) is 18.6 Å². The second-order valence-corrected chi connectivity index (χ2v) is 33.5. The average Bonchev–Trinajstić information content (AvgIpc) is 1.69. The number of carbonyl (C=O) groups excluding carboxylic acids is 2. The van der Waals surface area contributed by atoms with E-state index in [1.807, 2.05) is 21.1 Å². The van der Waals surface area contributed by atoms with Crippen LogP contribution in [0.5, 0.6) is 0 Å². The van der Waals surface area contributed by atoms with E-state index in [0.717, 1.165) is 38.5 Å². The third kappa shape index (κ3) is 83.8. The SMILES string of the molecule is CCCCCCCCCCCCCCCCCCCCCCCCCCCCCCCCCCCCCCCCCCC(=O)OC(COC(=O)CCCCCCCCCCCCCCCCCCCCCCCCCCCCCCCCCCC)COP(=O)(O)OCC[N+](C)(C)C. The summed E-state index contributed by atoms with van der Waals surface area (Å²) in [5.74, 6) is -0.762. The second kappa shape index (κ2) is 79.1. The van der Waals surface area contributed by atoms with Crippen LogP contribution in [0, 0.1) is 0 Å². The number of hydrogen-bond acceptors (Lipinski definition) is 7. The quantitative estimate of drug-likeness (QED) is 0.0278. The summed E-state index contributed by atoms with van der Waals surface area (Å²) >= 11 is 0. The molecule has 0 saturated heterocycles. The Morgan fingerprint density at radius 3 is 0.660 bits per heavy atom. The van der Waals surface area contributed by atoms with Crippen LogP contribution in [0.25, 0.3) is 0 Å². The second-order valence-electron chi connectivity index (χ2n) is 32.0. The monoisotopic (exact) mass is 1390 g/mol. The van der Waals surface area contributed by atoms with Crippen LogP contribution in [0.2, 0.25) is 0 Å². The minimum atomic E-state index is -4.39. The van der Waals surface area contributed by atoms with E-state index in [-0.39, 0.29) is 25.6 Å². The van der Waals surface area contributed by atoms with Crippen LogP contribution < -0.4 is 0 Å². The zero-order valence-corrected chi connectivity index (χ0v) is 67.5. The molecule has 580 valence electrons. The van der Waals surface area contributed by atoms with E-state index in [9.17, 15) is 19.0 Å². The van der Waals surface area contributed by atoms with Crippen molar-refractivity contribution in [1.82, 2.24) is 0 Å². The van der Waals surface area contributed by atoms with Gasteiger partial charge in [0.2, 0.25) is 0 Å². The molecule has 0 aliphatic heterocycles. The molecule has 0 spiro atoms. The van der Waals surface area contributed by atoms with Crippen LogP contribution in [0.3, 0.4) is 0 Å². The minimum absolute atomic E-state index is 0.0380. The van der Waals surface area contributed by atoms with Crippen molar-refractivity contribution in [2.24, 2.45) is 0 Å². The maximum atomic E-state index is 12.9. The standard InChI is InChI=1S/C87H174NO8P/c1-6-8-10-12-14-16-18-20-22-24-26-28-30-32-34-36-38-40-41-42-43-44-45-46-48-50-52-54-56-58-60-62-64-66-68-70-72-74-76-78-80-87(90)96-85(84-95-97(91,92)94-82-81-88(3,4)5)83-93-86(89)79-77-75-73-71-69-67-65-63-61-59-57-55-53-51-49-47-39-37-35-33-31-29-27-25-23-21-19-17-15-13-11-9-7-2/h85H,6-84H2,1-5H3/p+1. The van der Waals surface area contributed by atoms with Crippen molar-refractivity contribution < 1.29 is 42.1 Å². The smallest absolute Gasteiger partial charge is 0.462 e. The molecule has 2 unspecified atom stereocenters. The fourth-order valence-electron chi connectivity index (χ4n) is 14.1. The fraction of sp³-hybridized carbons (Fsp3) is 0.977. The van der Waals surface area contributed by atoms with Crippen molar-refractivity contribution in [3.63, 3.8) is 0 Å². The Kier molecular flexibility index (Phi) is 78.3. The molecular weight excluding hydrogens is 1220 g/mol. The molecule has 0 saturated carbocycles. The third-order valence-corrected chi connectivity index (χ3v) is 21.9. The van der Waals surface area contributed by atoms with Crippen molar-refractivity contribution in [3.8, 4) is 0 Å². The van der Waals surface area contributed by atoms with Gasteiger partial charge in [0, 0.05) is 12.8 Å². The van der Waals surface area contributed by atoms with Crippen molar-refractivity contribution in [2.75, 3.05) is 47.5 Å². The van der Waals surface area contributed by atoms with Crippen molar-refractivity contribution >= 4 is 19.8 Å². The summed E-state index contributed by atoms with van der Waals surface area (Å²) in [6.07, 6.45) is 100. The Morgan fingerprint density at radius 2 is 0.464 bits per heavy atom. The van der Waals surface area contributed by atoms with Crippen molar-refractivity contribution in [1.29, 1.82) is 0 Å². The Hall–Kier alpha value is -0.990. The van der Waals surface area contributed by atoms with Crippen LogP contribution in [0.4, 0.5) is 0 Å². The van der Waals surface area contributed by atoms with E-state index >= 15 is 0 Å². The molecule has 1 N–H and O–H groups in total. The predicted octanol–water partition coefficient (Wildman–Crippen LogP) is 29.6. The van der Waals surface area contributed by atoms with Gasteiger partial charge >= 0.3 is 19.8 Å². The van der Waals surface area contributed by atoms with Crippen LogP contribution in [-0.2, 0) is 32.7 Å². The fourth-order valence-corrected chi connectivity index (χ4v) is 14.9. The zero-order chi connectivity index (χ0) is 70.4. The van der Waals surface area contributed by atoms with Gasteiger partial charge in [-0.25, -0.2) is 4.57 Å². The largest absolute Gasteiger partial charge is 0.472 e. The molecule has 0 rings (SSSR count). The maximum absolute atomic E-state index is 12.9. The number of quaternary nitrogens is 1. The number of ether oxygens (including phenoxy) is 2. The highest BCUT2D eigenvalue weighted by Crippen LogP contribution is 2.43. The molecular formula is C87H175NO8P+. The van der Waals surface area contributed by atoms with Gasteiger partial charge in [0.05, 0.1) is 27.7 Å². The molecule has 0 aromatic rings. The van der Waals surface area contributed by atoms with Gasteiger partial charge in [0.1, 0.15) is 19.8 Å². The van der Waals surface area contributed by atoms with Gasteiger partial charge in [-0.05, 0) is 12.8 Å². The molecule has 0 aromatic carbocycles. The molecule has 0 aliphatic rings. The summed E-state index contributed by atoms with van der Waals surface area (Å²) in [5, 5.41) is 0. The van der Waals surface area contributed by atoms with Gasteiger partial charge in [-0.15, -0.1) is 0 Å². The highest BCUT2D eigenvalue weighted by molar-refractivity contribution is 7.47. The first-order chi connectivity index (χ1) is 47.5. The van der Waals surface area contributed by atoms with Gasteiger partial charge in [0.25, 0.3) is 0 Å². The Morgan fingerprint density at radius 1 is 0.278 bits per heavy atom. The minimum Gasteiger partial charge on any atom is -0.462 e. The Labute approximate surface area is 607 Å². The van der Waals surface area contributed by atoms with Gasteiger partial charge in [-0.1, -0.05) is 470 Å². The molecule has 97 heavy (non-hydrogen) atoms. The normalized spacial score (nSPS) is 12.8. The molecule has 0 bridgehead atoms. The zero-order valence-electron chi connectivity index (χ0n) is 66.6. The first-order valence-electron chi connectivity index (χ1n) is 44.3. The number of likely N-dealkylation sites (N-methyl/N-ethyl adjacent to an activating group) is 1. The van der Waals surface area contributed by atoms with Crippen LogP contribution in [0.1, 0.15) is 495 Å². The Bertz CT molecular complexity index is 1590. The highest BCUT2D eigenvalue weighted by atomic mass is 31.2. The van der Waals surface area contributed by atoms with E-state index in [1.165, 1.54) is 430 Å². The molecule has 0 fully saturated rings. The van der Waals surface area contributed by atoms with E-state index in [2.05, 4.69) is 13.8 Å². The molecule has 2 atom stereocenters. The topological polar surface area (TPSA) is 108 Å². The molecule has 0 radical (unpaired) electrons. The molecule has 0 amide bonds. The maximum Gasteiger partial charge on any atom is 0.472 e. The van der Waals surface area contributed by atoms with Crippen LogP contribution >= 0.6 is 7.82 Å².